The largest absolute Gasteiger partial charge is 0.254 e. The van der Waals surface area contributed by atoms with E-state index in [1.54, 1.807) is 11.3 Å². The SMILES string of the molecule is CCCCS(=O)c1cccs1. The number of hydrogen-bond acceptors (Lipinski definition) is 2. The first-order valence-electron chi connectivity index (χ1n) is 3.76. The van der Waals surface area contributed by atoms with E-state index in [2.05, 4.69) is 6.92 Å². The van der Waals surface area contributed by atoms with Gasteiger partial charge in [-0.25, -0.2) is 0 Å². The monoisotopic (exact) mass is 188 g/mol. The van der Waals surface area contributed by atoms with Crippen molar-refractivity contribution in [2.24, 2.45) is 0 Å². The first kappa shape index (κ1) is 8.94. The molecule has 0 amide bonds. The molecule has 0 radical (unpaired) electrons. The average Bonchev–Trinajstić information content (AvgIpc) is 2.52. The summed E-state index contributed by atoms with van der Waals surface area (Å²) >= 11 is 1.58. The van der Waals surface area contributed by atoms with Crippen LogP contribution in [0.5, 0.6) is 0 Å². The molecule has 1 nitrogen and oxygen atoms in total. The third-order valence-corrected chi connectivity index (χ3v) is 4.16. The lowest BCUT2D eigenvalue weighted by molar-refractivity contribution is 0.681. The highest BCUT2D eigenvalue weighted by Crippen LogP contribution is 2.14. The Kier molecular flexibility index (Phi) is 3.80. The van der Waals surface area contributed by atoms with Crippen LogP contribution in [0.25, 0.3) is 0 Å². The maximum absolute atomic E-state index is 11.4. The van der Waals surface area contributed by atoms with Gasteiger partial charge < -0.3 is 0 Å². The lowest BCUT2D eigenvalue weighted by Crippen LogP contribution is -1.94. The minimum atomic E-state index is -0.734. The van der Waals surface area contributed by atoms with Gasteiger partial charge in [0.2, 0.25) is 0 Å². The summed E-state index contributed by atoms with van der Waals surface area (Å²) in [6.45, 7) is 2.12. The first-order valence-corrected chi connectivity index (χ1v) is 5.96. The molecular weight excluding hydrogens is 176 g/mol. The molecule has 0 bridgehead atoms. The number of thiophene rings is 1. The molecule has 0 aliphatic carbocycles. The normalized spacial score (nSPS) is 13.2. The van der Waals surface area contributed by atoms with Crippen LogP contribution in [0.4, 0.5) is 0 Å². The van der Waals surface area contributed by atoms with Crippen LogP contribution in [0.3, 0.4) is 0 Å². The van der Waals surface area contributed by atoms with Crippen molar-refractivity contribution < 1.29 is 4.21 Å². The van der Waals surface area contributed by atoms with E-state index in [4.69, 9.17) is 0 Å². The van der Waals surface area contributed by atoms with Crippen LogP contribution in [-0.2, 0) is 10.8 Å². The van der Waals surface area contributed by atoms with E-state index in [0.717, 1.165) is 22.8 Å². The van der Waals surface area contributed by atoms with E-state index >= 15 is 0 Å². The topological polar surface area (TPSA) is 17.1 Å². The first-order chi connectivity index (χ1) is 5.34. The maximum atomic E-state index is 11.4. The molecule has 1 unspecified atom stereocenters. The third-order valence-electron chi connectivity index (χ3n) is 1.40. The van der Waals surface area contributed by atoms with Gasteiger partial charge in [-0.15, -0.1) is 11.3 Å². The van der Waals surface area contributed by atoms with E-state index in [9.17, 15) is 4.21 Å². The van der Waals surface area contributed by atoms with E-state index in [1.165, 1.54) is 0 Å². The van der Waals surface area contributed by atoms with Gasteiger partial charge in [-0.1, -0.05) is 19.4 Å². The molecule has 62 valence electrons. The van der Waals surface area contributed by atoms with E-state index < -0.39 is 10.8 Å². The molecule has 0 fully saturated rings. The van der Waals surface area contributed by atoms with Crippen molar-refractivity contribution in [1.82, 2.24) is 0 Å². The van der Waals surface area contributed by atoms with Crippen molar-refractivity contribution in [3.63, 3.8) is 0 Å². The summed E-state index contributed by atoms with van der Waals surface area (Å²) in [5.41, 5.74) is 0. The fourth-order valence-corrected chi connectivity index (χ4v) is 3.05. The summed E-state index contributed by atoms with van der Waals surface area (Å²) < 4.78 is 12.4. The highest BCUT2D eigenvalue weighted by Gasteiger charge is 2.02. The van der Waals surface area contributed by atoms with Crippen molar-refractivity contribution in [3.8, 4) is 0 Å². The lowest BCUT2D eigenvalue weighted by atomic mass is 10.4. The second-order valence-electron chi connectivity index (χ2n) is 2.34. The Balaban J connectivity index is 2.43. The van der Waals surface area contributed by atoms with Crippen molar-refractivity contribution in [3.05, 3.63) is 17.5 Å². The van der Waals surface area contributed by atoms with Crippen LogP contribution in [-0.4, -0.2) is 9.96 Å². The lowest BCUT2D eigenvalue weighted by Gasteiger charge is -1.95. The predicted molar refractivity (Wildman–Crippen MR) is 50.5 cm³/mol. The van der Waals surface area contributed by atoms with Crippen molar-refractivity contribution in [2.45, 2.75) is 24.0 Å². The van der Waals surface area contributed by atoms with Gasteiger partial charge in [0, 0.05) is 5.75 Å². The zero-order valence-electron chi connectivity index (χ0n) is 6.58. The van der Waals surface area contributed by atoms with Crippen LogP contribution >= 0.6 is 11.3 Å². The second-order valence-corrected chi connectivity index (χ2v) is 5.08. The number of unbranched alkanes of at least 4 members (excludes halogenated alkanes) is 1. The number of hydrogen-bond donors (Lipinski definition) is 0. The van der Waals surface area contributed by atoms with Crippen molar-refractivity contribution in [1.29, 1.82) is 0 Å². The molecule has 1 aromatic heterocycles. The van der Waals surface area contributed by atoms with Gasteiger partial charge in [0.25, 0.3) is 0 Å². The predicted octanol–water partition coefficient (Wildman–Crippen LogP) is 2.66. The average molecular weight is 188 g/mol. The fourth-order valence-electron chi connectivity index (χ4n) is 0.769. The van der Waals surface area contributed by atoms with E-state index in [-0.39, 0.29) is 0 Å². The van der Waals surface area contributed by atoms with Gasteiger partial charge in [-0.05, 0) is 17.9 Å². The molecule has 3 heteroatoms. The van der Waals surface area contributed by atoms with Crippen LogP contribution in [0.15, 0.2) is 21.7 Å². The minimum Gasteiger partial charge on any atom is -0.254 e. The second kappa shape index (κ2) is 4.67. The van der Waals surface area contributed by atoms with Crippen LogP contribution in [0, 0.1) is 0 Å². The highest BCUT2D eigenvalue weighted by molar-refractivity contribution is 7.87. The Bertz CT molecular complexity index is 216. The Labute approximate surface area is 73.9 Å². The minimum absolute atomic E-state index is 0.734. The van der Waals surface area contributed by atoms with Crippen LogP contribution in [0.1, 0.15) is 19.8 Å². The summed E-state index contributed by atoms with van der Waals surface area (Å²) in [5, 5.41) is 1.97. The van der Waals surface area contributed by atoms with E-state index in [1.807, 2.05) is 17.5 Å². The third kappa shape index (κ3) is 2.75. The summed E-state index contributed by atoms with van der Waals surface area (Å²) in [7, 11) is -0.734. The Morgan fingerprint density at radius 2 is 2.45 bits per heavy atom. The molecule has 0 aromatic carbocycles. The molecule has 1 rings (SSSR count). The molecule has 0 aliphatic heterocycles. The zero-order valence-corrected chi connectivity index (χ0v) is 8.21. The zero-order chi connectivity index (χ0) is 8.10. The summed E-state index contributed by atoms with van der Waals surface area (Å²) in [4.78, 5) is 0. The molecule has 11 heavy (non-hydrogen) atoms. The van der Waals surface area contributed by atoms with Gasteiger partial charge in [-0.3, -0.25) is 4.21 Å². The molecule has 0 spiro atoms. The summed E-state index contributed by atoms with van der Waals surface area (Å²) in [5.74, 6) is 0.816. The summed E-state index contributed by atoms with van der Waals surface area (Å²) in [6, 6.07) is 3.89. The van der Waals surface area contributed by atoms with Gasteiger partial charge in [-0.2, -0.15) is 0 Å². The number of rotatable bonds is 4. The Morgan fingerprint density at radius 1 is 1.64 bits per heavy atom. The standard InChI is InChI=1S/C8H12OS2/c1-2-3-7-11(9)8-5-4-6-10-8/h4-6H,2-3,7H2,1H3. The molecule has 1 atom stereocenters. The molecule has 1 heterocycles. The Morgan fingerprint density at radius 3 is 3.00 bits per heavy atom. The van der Waals surface area contributed by atoms with Crippen molar-refractivity contribution in [2.75, 3.05) is 5.75 Å². The van der Waals surface area contributed by atoms with Gasteiger partial charge >= 0.3 is 0 Å². The highest BCUT2D eigenvalue weighted by atomic mass is 32.2. The van der Waals surface area contributed by atoms with Crippen LogP contribution in [0.2, 0.25) is 0 Å². The quantitative estimate of drug-likeness (QED) is 0.710. The smallest absolute Gasteiger partial charge is 0.0910 e. The van der Waals surface area contributed by atoms with Gasteiger partial charge in [0.05, 0.1) is 15.0 Å². The fraction of sp³-hybridized carbons (Fsp3) is 0.500. The maximum Gasteiger partial charge on any atom is 0.0910 e. The molecule has 0 saturated carbocycles. The molecule has 0 saturated heterocycles. The molecule has 1 aromatic rings. The van der Waals surface area contributed by atoms with E-state index in [0.29, 0.717) is 0 Å². The summed E-state index contributed by atoms with van der Waals surface area (Å²) in [6.07, 6.45) is 2.18. The van der Waals surface area contributed by atoms with Crippen LogP contribution < -0.4 is 0 Å². The molecular formula is C8H12OS2. The van der Waals surface area contributed by atoms with Gasteiger partial charge in [0.15, 0.2) is 0 Å². The molecule has 0 aliphatic rings. The Hall–Kier alpha value is -0.150. The molecule has 0 N–H and O–H groups in total. The van der Waals surface area contributed by atoms with Crippen molar-refractivity contribution >= 4 is 22.1 Å². The van der Waals surface area contributed by atoms with Gasteiger partial charge in [0.1, 0.15) is 0 Å².